The number of fused-ring (bicyclic) bond motifs is 1. The minimum Gasteiger partial charge on any atom is -0.295 e. The Bertz CT molecular complexity index is 749. The zero-order chi connectivity index (χ0) is 13.6. The summed E-state index contributed by atoms with van der Waals surface area (Å²) >= 11 is 1.04. The van der Waals surface area contributed by atoms with E-state index in [1.807, 2.05) is 0 Å². The van der Waals surface area contributed by atoms with Crippen molar-refractivity contribution in [3.05, 3.63) is 34.4 Å². The highest BCUT2D eigenvalue weighted by molar-refractivity contribution is 7.14. The minimum atomic E-state index is -0.689. The van der Waals surface area contributed by atoms with Crippen LogP contribution < -0.4 is 10.9 Å². The molecule has 2 aromatic rings. The normalized spacial score (nSPS) is 19.7. The van der Waals surface area contributed by atoms with E-state index in [1.165, 1.54) is 22.2 Å². The van der Waals surface area contributed by atoms with E-state index in [-0.39, 0.29) is 17.9 Å². The fourth-order valence-corrected chi connectivity index (χ4v) is 3.27. The number of halogens is 1. The van der Waals surface area contributed by atoms with Crippen LogP contribution in [0.3, 0.4) is 0 Å². The first-order valence-corrected chi connectivity index (χ1v) is 6.48. The molecule has 2 heterocycles. The fraction of sp³-hybridized carbons (Fsp3) is 0.250. The number of imide groups is 1. The molecule has 1 atom stereocenters. The molecule has 0 saturated carbocycles. The van der Waals surface area contributed by atoms with E-state index >= 15 is 0 Å². The van der Waals surface area contributed by atoms with E-state index in [4.69, 9.17) is 0 Å². The van der Waals surface area contributed by atoms with Gasteiger partial charge in [0.25, 0.3) is 11.5 Å². The van der Waals surface area contributed by atoms with E-state index in [1.54, 1.807) is 0 Å². The van der Waals surface area contributed by atoms with Crippen molar-refractivity contribution in [2.45, 2.75) is 18.9 Å². The molecule has 1 aliphatic rings. The Morgan fingerprint density at radius 3 is 2.84 bits per heavy atom. The SMILES string of the molecule is O=C1CCC(n2sc3cc(F)ccc3c2=O)C(=O)N1. The molecular formula is C12H9FN2O3S. The number of carbonyl (C=O) groups excluding carboxylic acids is 2. The quantitative estimate of drug-likeness (QED) is 0.798. The van der Waals surface area contributed by atoms with Crippen molar-refractivity contribution in [3.63, 3.8) is 0 Å². The van der Waals surface area contributed by atoms with Crippen LogP contribution >= 0.6 is 11.5 Å². The summed E-state index contributed by atoms with van der Waals surface area (Å²) < 4.78 is 14.9. The van der Waals surface area contributed by atoms with Gasteiger partial charge >= 0.3 is 0 Å². The molecule has 7 heteroatoms. The zero-order valence-corrected chi connectivity index (χ0v) is 10.5. The predicted molar refractivity (Wildman–Crippen MR) is 67.5 cm³/mol. The predicted octanol–water partition coefficient (Wildman–Crippen LogP) is 1.18. The van der Waals surface area contributed by atoms with Gasteiger partial charge in [-0.3, -0.25) is 23.7 Å². The number of nitrogens with one attached hydrogen (secondary N) is 1. The highest BCUT2D eigenvalue weighted by Gasteiger charge is 2.30. The van der Waals surface area contributed by atoms with E-state index in [0.29, 0.717) is 16.5 Å². The van der Waals surface area contributed by atoms with Crippen molar-refractivity contribution >= 4 is 33.4 Å². The molecule has 0 radical (unpaired) electrons. The van der Waals surface area contributed by atoms with Gasteiger partial charge in [0.05, 0.1) is 10.1 Å². The summed E-state index contributed by atoms with van der Waals surface area (Å²) in [5.41, 5.74) is -0.325. The summed E-state index contributed by atoms with van der Waals surface area (Å²) in [6, 6.07) is 3.20. The minimum absolute atomic E-state index is 0.200. The molecule has 1 aromatic heterocycles. The van der Waals surface area contributed by atoms with Crippen molar-refractivity contribution in [2.24, 2.45) is 0 Å². The maximum atomic E-state index is 13.1. The van der Waals surface area contributed by atoms with Crippen LogP contribution in [0.5, 0.6) is 0 Å². The van der Waals surface area contributed by atoms with Gasteiger partial charge in [-0.05, 0) is 24.6 Å². The Hall–Kier alpha value is -2.02. The van der Waals surface area contributed by atoms with Crippen LogP contribution in [-0.2, 0) is 9.59 Å². The van der Waals surface area contributed by atoms with Crippen LogP contribution in [0.15, 0.2) is 23.0 Å². The van der Waals surface area contributed by atoms with Crippen molar-refractivity contribution in [2.75, 3.05) is 0 Å². The molecule has 1 unspecified atom stereocenters. The standard InChI is InChI=1S/C12H9FN2O3S/c13-6-1-2-7-9(5-6)19-15(12(7)18)8-3-4-10(16)14-11(8)17/h1-2,5,8H,3-4H2,(H,14,16,17). The van der Waals surface area contributed by atoms with Crippen molar-refractivity contribution in [1.29, 1.82) is 0 Å². The second-order valence-corrected chi connectivity index (χ2v) is 5.35. The topological polar surface area (TPSA) is 68.2 Å². The van der Waals surface area contributed by atoms with Crippen LogP contribution in [0, 0.1) is 5.82 Å². The van der Waals surface area contributed by atoms with Crippen molar-refractivity contribution < 1.29 is 14.0 Å². The molecule has 1 fully saturated rings. The molecule has 1 aliphatic heterocycles. The molecule has 1 N–H and O–H groups in total. The first-order chi connectivity index (χ1) is 9.06. The molecule has 1 aromatic carbocycles. The third kappa shape index (κ3) is 1.95. The third-order valence-corrected chi connectivity index (χ3v) is 4.22. The summed E-state index contributed by atoms with van der Waals surface area (Å²) in [5.74, 6) is -1.24. The lowest BCUT2D eigenvalue weighted by molar-refractivity contribution is -0.135. The molecular weight excluding hydrogens is 271 g/mol. The summed E-state index contributed by atoms with van der Waals surface area (Å²) in [6.07, 6.45) is 0.491. The molecule has 1 saturated heterocycles. The van der Waals surface area contributed by atoms with E-state index in [0.717, 1.165) is 11.5 Å². The van der Waals surface area contributed by atoms with E-state index in [2.05, 4.69) is 5.32 Å². The second kappa shape index (κ2) is 4.27. The monoisotopic (exact) mass is 280 g/mol. The van der Waals surface area contributed by atoms with Gasteiger partial charge in [-0.1, -0.05) is 11.5 Å². The van der Waals surface area contributed by atoms with Crippen molar-refractivity contribution in [1.82, 2.24) is 9.27 Å². The van der Waals surface area contributed by atoms with E-state index in [9.17, 15) is 18.8 Å². The third-order valence-electron chi connectivity index (χ3n) is 3.06. The number of hydrogen-bond donors (Lipinski definition) is 1. The summed E-state index contributed by atoms with van der Waals surface area (Å²) in [5, 5.41) is 2.59. The number of amides is 2. The maximum absolute atomic E-state index is 13.1. The Labute approximate surface area is 110 Å². The first-order valence-electron chi connectivity index (χ1n) is 5.71. The van der Waals surface area contributed by atoms with Crippen LogP contribution in [0.1, 0.15) is 18.9 Å². The highest BCUT2D eigenvalue weighted by atomic mass is 32.1. The number of piperidine rings is 1. The maximum Gasteiger partial charge on any atom is 0.269 e. The van der Waals surface area contributed by atoms with Gasteiger partial charge in [0, 0.05) is 6.42 Å². The zero-order valence-electron chi connectivity index (χ0n) is 9.68. The highest BCUT2D eigenvalue weighted by Crippen LogP contribution is 2.25. The average molecular weight is 280 g/mol. The number of benzene rings is 1. The number of aromatic nitrogens is 1. The van der Waals surface area contributed by atoms with Gasteiger partial charge in [0.2, 0.25) is 5.91 Å². The smallest absolute Gasteiger partial charge is 0.269 e. The van der Waals surface area contributed by atoms with Crippen LogP contribution in [-0.4, -0.2) is 15.8 Å². The molecule has 98 valence electrons. The Morgan fingerprint density at radius 1 is 1.32 bits per heavy atom. The van der Waals surface area contributed by atoms with Gasteiger partial charge in [0.15, 0.2) is 0 Å². The fourth-order valence-electron chi connectivity index (χ4n) is 2.13. The number of carbonyl (C=O) groups is 2. The lowest BCUT2D eigenvalue weighted by atomic mass is 10.1. The summed E-state index contributed by atoms with van der Waals surface area (Å²) in [7, 11) is 0. The number of nitrogens with zero attached hydrogens (tertiary/aromatic N) is 1. The van der Waals surface area contributed by atoms with Crippen LogP contribution in [0.4, 0.5) is 4.39 Å². The molecule has 3 rings (SSSR count). The van der Waals surface area contributed by atoms with Gasteiger partial charge in [-0.25, -0.2) is 4.39 Å². The molecule has 0 bridgehead atoms. The summed E-state index contributed by atoms with van der Waals surface area (Å²) in [6.45, 7) is 0. The Morgan fingerprint density at radius 2 is 2.11 bits per heavy atom. The van der Waals surface area contributed by atoms with Crippen molar-refractivity contribution in [3.8, 4) is 0 Å². The molecule has 0 spiro atoms. The average Bonchev–Trinajstić information content (AvgIpc) is 2.66. The van der Waals surface area contributed by atoms with Gasteiger partial charge in [-0.15, -0.1) is 0 Å². The summed E-state index contributed by atoms with van der Waals surface area (Å²) in [4.78, 5) is 35.0. The van der Waals surface area contributed by atoms with Gasteiger partial charge < -0.3 is 0 Å². The lowest BCUT2D eigenvalue weighted by Crippen LogP contribution is -2.43. The molecule has 19 heavy (non-hydrogen) atoms. The largest absolute Gasteiger partial charge is 0.295 e. The second-order valence-electron chi connectivity index (χ2n) is 4.33. The van der Waals surface area contributed by atoms with Crippen LogP contribution in [0.2, 0.25) is 0 Å². The Kier molecular flexibility index (Phi) is 2.70. The lowest BCUT2D eigenvalue weighted by Gasteiger charge is -2.20. The Balaban J connectivity index is 2.10. The number of rotatable bonds is 1. The van der Waals surface area contributed by atoms with Gasteiger partial charge in [-0.2, -0.15) is 0 Å². The number of hydrogen-bond acceptors (Lipinski definition) is 4. The molecule has 0 aliphatic carbocycles. The van der Waals surface area contributed by atoms with E-state index < -0.39 is 17.8 Å². The first kappa shape index (κ1) is 12.0. The van der Waals surface area contributed by atoms with Crippen LogP contribution in [0.25, 0.3) is 10.1 Å². The molecule has 2 amide bonds. The van der Waals surface area contributed by atoms with Gasteiger partial charge in [0.1, 0.15) is 11.9 Å². The molecule has 5 nitrogen and oxygen atoms in total.